The maximum atomic E-state index is 3.82. The molecular formula is C9H16N2. The summed E-state index contributed by atoms with van der Waals surface area (Å²) in [6, 6.07) is 0. The number of hydrogen-bond acceptors (Lipinski definition) is 2. The molecule has 0 amide bonds. The molecule has 0 bridgehead atoms. The van der Waals surface area contributed by atoms with Crippen molar-refractivity contribution in [3.63, 3.8) is 0 Å². The number of hydrogen-bond donors (Lipinski definition) is 1. The minimum atomic E-state index is 0.929. The molecule has 0 saturated carbocycles. The van der Waals surface area contributed by atoms with Gasteiger partial charge in [-0.1, -0.05) is 13.2 Å². The zero-order chi connectivity index (χ0) is 8.85. The fourth-order valence-corrected chi connectivity index (χ4v) is 0.633. The van der Waals surface area contributed by atoms with Crippen LogP contribution in [0.1, 0.15) is 6.92 Å². The van der Waals surface area contributed by atoms with Crippen LogP contribution in [-0.4, -0.2) is 19.0 Å². The van der Waals surface area contributed by atoms with Gasteiger partial charge in [-0.2, -0.15) is 0 Å². The van der Waals surface area contributed by atoms with Gasteiger partial charge in [-0.25, -0.2) is 0 Å². The predicted molar refractivity (Wildman–Crippen MR) is 49.9 cm³/mol. The molecule has 1 N–H and O–H groups in total. The van der Waals surface area contributed by atoms with E-state index in [0.29, 0.717) is 0 Å². The van der Waals surface area contributed by atoms with Crippen LogP contribution in [-0.2, 0) is 0 Å². The quantitative estimate of drug-likeness (QED) is 0.617. The van der Waals surface area contributed by atoms with E-state index in [-0.39, 0.29) is 0 Å². The summed E-state index contributed by atoms with van der Waals surface area (Å²) in [5, 5.41) is 2.97. The zero-order valence-electron chi connectivity index (χ0n) is 7.52. The molecule has 0 aliphatic heterocycles. The van der Waals surface area contributed by atoms with Gasteiger partial charge in [-0.15, -0.1) is 0 Å². The summed E-state index contributed by atoms with van der Waals surface area (Å²) in [4.78, 5) is 1.89. The lowest BCUT2D eigenvalue weighted by Crippen LogP contribution is -2.08. The molecule has 0 aromatic carbocycles. The lowest BCUT2D eigenvalue weighted by molar-refractivity contribution is 0.621. The van der Waals surface area contributed by atoms with Crippen molar-refractivity contribution in [2.24, 2.45) is 0 Å². The molecule has 0 aromatic heterocycles. The van der Waals surface area contributed by atoms with Crippen molar-refractivity contribution in [1.29, 1.82) is 0 Å². The number of rotatable bonds is 4. The third-order valence-electron chi connectivity index (χ3n) is 1.46. The Labute approximate surface area is 68.9 Å². The number of allylic oxidation sites excluding steroid dienone is 1. The van der Waals surface area contributed by atoms with E-state index in [0.717, 1.165) is 11.3 Å². The summed E-state index contributed by atoms with van der Waals surface area (Å²) in [5.74, 6) is 0. The minimum Gasteiger partial charge on any atom is -0.388 e. The van der Waals surface area contributed by atoms with E-state index in [1.54, 1.807) is 6.20 Å². The molecule has 0 rings (SSSR count). The van der Waals surface area contributed by atoms with Gasteiger partial charge in [0.05, 0.1) is 0 Å². The summed E-state index contributed by atoms with van der Waals surface area (Å²) >= 11 is 0. The zero-order valence-corrected chi connectivity index (χ0v) is 7.52. The molecule has 0 radical (unpaired) electrons. The Morgan fingerprint density at radius 3 is 2.45 bits per heavy atom. The molecule has 0 atom stereocenters. The number of nitrogens with zero attached hydrogens (tertiary/aromatic N) is 1. The third-order valence-corrected chi connectivity index (χ3v) is 1.46. The molecule has 0 unspecified atom stereocenters. The van der Waals surface area contributed by atoms with Gasteiger partial charge >= 0.3 is 0 Å². The van der Waals surface area contributed by atoms with Gasteiger partial charge in [0.2, 0.25) is 0 Å². The number of nitrogens with one attached hydrogen (secondary N) is 1. The van der Waals surface area contributed by atoms with Crippen molar-refractivity contribution < 1.29 is 0 Å². The molecule has 2 nitrogen and oxygen atoms in total. The molecule has 62 valence electrons. The second kappa shape index (κ2) is 4.61. The van der Waals surface area contributed by atoms with Crippen molar-refractivity contribution >= 4 is 0 Å². The summed E-state index contributed by atoms with van der Waals surface area (Å²) in [7, 11) is 3.78. The van der Waals surface area contributed by atoms with E-state index in [1.807, 2.05) is 32.1 Å². The first-order chi connectivity index (χ1) is 5.11. The van der Waals surface area contributed by atoms with E-state index in [2.05, 4.69) is 18.5 Å². The lowest BCUT2D eigenvalue weighted by atomic mass is 10.2. The van der Waals surface area contributed by atoms with E-state index in [1.165, 1.54) is 0 Å². The van der Waals surface area contributed by atoms with Crippen LogP contribution in [0.2, 0.25) is 0 Å². The van der Waals surface area contributed by atoms with Gasteiger partial charge in [0.25, 0.3) is 0 Å². The Balaban J connectivity index is 4.20. The predicted octanol–water partition coefficient (Wildman–Crippen LogP) is 1.70. The summed E-state index contributed by atoms with van der Waals surface area (Å²) < 4.78 is 0. The average molecular weight is 152 g/mol. The monoisotopic (exact) mass is 152 g/mol. The van der Waals surface area contributed by atoms with Crippen LogP contribution in [0.15, 0.2) is 36.8 Å². The SMILES string of the molecule is C=CN(C)/C=C(/C)C(=C)NC. The topological polar surface area (TPSA) is 15.3 Å². The van der Waals surface area contributed by atoms with Crippen molar-refractivity contribution in [2.75, 3.05) is 14.1 Å². The van der Waals surface area contributed by atoms with Crippen LogP contribution in [0.25, 0.3) is 0 Å². The van der Waals surface area contributed by atoms with Gasteiger partial charge < -0.3 is 10.2 Å². The maximum absolute atomic E-state index is 3.82. The summed E-state index contributed by atoms with van der Waals surface area (Å²) in [5.41, 5.74) is 2.04. The standard InChI is InChI=1S/C9H16N2/c1-6-11(5)7-8(2)9(3)10-4/h6-7,10H,1,3H2,2,4-5H3/b8-7-. The molecule has 0 aliphatic rings. The second-order valence-corrected chi connectivity index (χ2v) is 2.39. The molecule has 2 heteroatoms. The van der Waals surface area contributed by atoms with Crippen LogP contribution in [0, 0.1) is 0 Å². The highest BCUT2D eigenvalue weighted by molar-refractivity contribution is 5.23. The van der Waals surface area contributed by atoms with Gasteiger partial charge in [0.1, 0.15) is 0 Å². The summed E-state index contributed by atoms with van der Waals surface area (Å²) in [6.07, 6.45) is 3.71. The Hall–Kier alpha value is -1.18. The highest BCUT2D eigenvalue weighted by Gasteiger charge is 1.92. The van der Waals surface area contributed by atoms with E-state index >= 15 is 0 Å². The number of likely N-dealkylation sites (N-methyl/N-ethyl adjacent to an activating group) is 1. The smallest absolute Gasteiger partial charge is 0.0308 e. The van der Waals surface area contributed by atoms with Gasteiger partial charge in [0, 0.05) is 26.0 Å². The van der Waals surface area contributed by atoms with Crippen LogP contribution in [0.4, 0.5) is 0 Å². The average Bonchev–Trinajstić information content (AvgIpc) is 2.02. The first-order valence-corrected chi connectivity index (χ1v) is 3.51. The van der Waals surface area contributed by atoms with Crippen LogP contribution < -0.4 is 5.32 Å². The fourth-order valence-electron chi connectivity index (χ4n) is 0.633. The Morgan fingerprint density at radius 2 is 2.09 bits per heavy atom. The van der Waals surface area contributed by atoms with Gasteiger partial charge in [-0.05, 0) is 18.7 Å². The van der Waals surface area contributed by atoms with E-state index in [9.17, 15) is 0 Å². The molecule has 11 heavy (non-hydrogen) atoms. The van der Waals surface area contributed by atoms with Crippen molar-refractivity contribution in [3.8, 4) is 0 Å². The fraction of sp³-hybridized carbons (Fsp3) is 0.333. The van der Waals surface area contributed by atoms with Crippen LogP contribution in [0.5, 0.6) is 0 Å². The largest absolute Gasteiger partial charge is 0.388 e. The minimum absolute atomic E-state index is 0.929. The van der Waals surface area contributed by atoms with E-state index in [4.69, 9.17) is 0 Å². The molecule has 0 fully saturated rings. The first kappa shape index (κ1) is 9.82. The van der Waals surface area contributed by atoms with Crippen LogP contribution >= 0.6 is 0 Å². The van der Waals surface area contributed by atoms with E-state index < -0.39 is 0 Å². The second-order valence-electron chi connectivity index (χ2n) is 2.39. The molecular weight excluding hydrogens is 136 g/mol. The molecule has 0 saturated heterocycles. The normalized spacial score (nSPS) is 10.6. The Morgan fingerprint density at radius 1 is 1.55 bits per heavy atom. The Bertz CT molecular complexity index is 180. The third kappa shape index (κ3) is 3.50. The van der Waals surface area contributed by atoms with Crippen LogP contribution in [0.3, 0.4) is 0 Å². The summed E-state index contributed by atoms with van der Waals surface area (Å²) in [6.45, 7) is 9.45. The molecule has 0 heterocycles. The van der Waals surface area contributed by atoms with Crippen molar-refractivity contribution in [2.45, 2.75) is 6.92 Å². The first-order valence-electron chi connectivity index (χ1n) is 3.51. The van der Waals surface area contributed by atoms with Gasteiger partial charge in [0.15, 0.2) is 0 Å². The molecule has 0 spiro atoms. The molecule has 0 aliphatic carbocycles. The van der Waals surface area contributed by atoms with Crippen molar-refractivity contribution in [3.05, 3.63) is 36.8 Å². The Kier molecular flexibility index (Phi) is 4.11. The molecule has 0 aromatic rings. The maximum Gasteiger partial charge on any atom is 0.0308 e. The lowest BCUT2D eigenvalue weighted by Gasteiger charge is -2.10. The highest BCUT2D eigenvalue weighted by atomic mass is 15.0. The van der Waals surface area contributed by atoms with Crippen molar-refractivity contribution in [1.82, 2.24) is 10.2 Å². The highest BCUT2D eigenvalue weighted by Crippen LogP contribution is 2.02. The van der Waals surface area contributed by atoms with Gasteiger partial charge in [-0.3, -0.25) is 0 Å².